The van der Waals surface area contributed by atoms with Crippen molar-refractivity contribution in [3.8, 4) is 0 Å². The SMILES string of the molecule is CN(C)C(=O)CCCn1c(=O)[nH]cc(Br)c1=O. The molecule has 6 nitrogen and oxygen atoms in total. The molecule has 0 saturated carbocycles. The van der Waals surface area contributed by atoms with Crippen LogP contribution < -0.4 is 11.2 Å². The molecule has 0 aliphatic heterocycles. The third kappa shape index (κ3) is 3.55. The highest BCUT2D eigenvalue weighted by Gasteiger charge is 2.07. The molecule has 0 spiro atoms. The zero-order valence-electron chi connectivity index (χ0n) is 9.70. The van der Waals surface area contributed by atoms with E-state index in [9.17, 15) is 14.4 Å². The minimum absolute atomic E-state index is 0.0236. The predicted molar refractivity (Wildman–Crippen MR) is 67.0 cm³/mol. The minimum Gasteiger partial charge on any atom is -0.349 e. The van der Waals surface area contributed by atoms with Gasteiger partial charge < -0.3 is 9.88 Å². The lowest BCUT2D eigenvalue weighted by Crippen LogP contribution is -2.35. The van der Waals surface area contributed by atoms with Crippen LogP contribution in [0.25, 0.3) is 0 Å². The van der Waals surface area contributed by atoms with E-state index in [0.29, 0.717) is 17.3 Å². The van der Waals surface area contributed by atoms with E-state index in [0.717, 1.165) is 4.57 Å². The maximum Gasteiger partial charge on any atom is 0.328 e. The Morgan fingerprint density at radius 1 is 1.47 bits per heavy atom. The maximum absolute atomic E-state index is 11.6. The molecule has 1 aromatic rings. The Labute approximate surface area is 106 Å². The molecule has 0 atom stereocenters. The topological polar surface area (TPSA) is 75.2 Å². The number of carbonyl (C=O) groups is 1. The third-order valence-electron chi connectivity index (χ3n) is 2.29. The Balaban J connectivity index is 2.71. The van der Waals surface area contributed by atoms with Crippen molar-refractivity contribution < 1.29 is 4.79 Å². The fourth-order valence-electron chi connectivity index (χ4n) is 1.30. The van der Waals surface area contributed by atoms with Crippen molar-refractivity contribution in [2.24, 2.45) is 0 Å². The molecule has 0 bridgehead atoms. The number of hydrogen-bond donors (Lipinski definition) is 1. The van der Waals surface area contributed by atoms with Crippen LogP contribution in [0.15, 0.2) is 20.3 Å². The van der Waals surface area contributed by atoms with Crippen LogP contribution in [0.1, 0.15) is 12.8 Å². The van der Waals surface area contributed by atoms with Crippen molar-refractivity contribution in [3.63, 3.8) is 0 Å². The molecule has 0 fully saturated rings. The molecule has 0 aliphatic carbocycles. The quantitative estimate of drug-likeness (QED) is 0.861. The largest absolute Gasteiger partial charge is 0.349 e. The molecule has 94 valence electrons. The molecule has 0 unspecified atom stereocenters. The summed E-state index contributed by atoms with van der Waals surface area (Å²) in [6, 6.07) is 0. The first-order valence-corrected chi connectivity index (χ1v) is 5.91. The standard InChI is InChI=1S/C10H14BrN3O3/c1-13(2)8(15)4-3-5-14-9(16)7(11)6-12-10(14)17/h6H,3-5H2,1-2H3,(H,12,17). The molecule has 1 heterocycles. The number of nitrogens with one attached hydrogen (secondary N) is 1. The normalized spacial score (nSPS) is 10.3. The smallest absolute Gasteiger partial charge is 0.328 e. The summed E-state index contributed by atoms with van der Waals surface area (Å²) in [6.07, 6.45) is 2.08. The molecular weight excluding hydrogens is 290 g/mol. The van der Waals surface area contributed by atoms with Gasteiger partial charge in [0.15, 0.2) is 0 Å². The van der Waals surface area contributed by atoms with Gasteiger partial charge in [-0.2, -0.15) is 0 Å². The maximum atomic E-state index is 11.6. The number of rotatable bonds is 4. The van der Waals surface area contributed by atoms with E-state index >= 15 is 0 Å². The van der Waals surface area contributed by atoms with E-state index in [-0.39, 0.29) is 18.0 Å². The van der Waals surface area contributed by atoms with E-state index in [1.807, 2.05) is 0 Å². The molecular formula is C10H14BrN3O3. The molecule has 1 N–H and O–H groups in total. The van der Waals surface area contributed by atoms with Crippen molar-refractivity contribution in [2.45, 2.75) is 19.4 Å². The number of carbonyl (C=O) groups excluding carboxylic acids is 1. The Bertz CT molecular complexity index is 518. The van der Waals surface area contributed by atoms with Crippen LogP contribution in [0, 0.1) is 0 Å². The summed E-state index contributed by atoms with van der Waals surface area (Å²) in [4.78, 5) is 38.2. The van der Waals surface area contributed by atoms with Crippen LogP contribution in [0.2, 0.25) is 0 Å². The van der Waals surface area contributed by atoms with Crippen LogP contribution in [-0.2, 0) is 11.3 Å². The molecule has 17 heavy (non-hydrogen) atoms. The van der Waals surface area contributed by atoms with Crippen molar-refractivity contribution in [1.29, 1.82) is 0 Å². The van der Waals surface area contributed by atoms with E-state index in [1.54, 1.807) is 14.1 Å². The first kappa shape index (κ1) is 13.7. The Hall–Kier alpha value is -1.37. The highest BCUT2D eigenvalue weighted by atomic mass is 79.9. The Kier molecular flexibility index (Phi) is 4.68. The summed E-state index contributed by atoms with van der Waals surface area (Å²) in [5.74, 6) is -0.0236. The first-order valence-electron chi connectivity index (χ1n) is 5.11. The van der Waals surface area contributed by atoms with E-state index < -0.39 is 5.69 Å². The molecule has 1 amide bonds. The van der Waals surface area contributed by atoms with Crippen molar-refractivity contribution >= 4 is 21.8 Å². The number of nitrogens with zero attached hydrogens (tertiary/aromatic N) is 2. The van der Waals surface area contributed by atoms with Crippen LogP contribution in [0.4, 0.5) is 0 Å². The summed E-state index contributed by atoms with van der Waals surface area (Å²) in [5, 5.41) is 0. The summed E-state index contributed by atoms with van der Waals surface area (Å²) >= 11 is 3.05. The number of halogens is 1. The van der Waals surface area contributed by atoms with Gasteiger partial charge in [-0.1, -0.05) is 0 Å². The van der Waals surface area contributed by atoms with E-state index in [1.165, 1.54) is 11.1 Å². The molecule has 0 radical (unpaired) electrons. The van der Waals surface area contributed by atoms with Gasteiger partial charge in [0.25, 0.3) is 5.56 Å². The van der Waals surface area contributed by atoms with Gasteiger partial charge >= 0.3 is 5.69 Å². The lowest BCUT2D eigenvalue weighted by Gasteiger charge is -2.10. The summed E-state index contributed by atoms with van der Waals surface area (Å²) in [5.41, 5.74) is -0.846. The van der Waals surface area contributed by atoms with Crippen LogP contribution in [-0.4, -0.2) is 34.5 Å². The van der Waals surface area contributed by atoms with Crippen molar-refractivity contribution in [2.75, 3.05) is 14.1 Å². The zero-order valence-corrected chi connectivity index (χ0v) is 11.3. The molecule has 1 aromatic heterocycles. The molecule has 0 aromatic carbocycles. The fraction of sp³-hybridized carbons (Fsp3) is 0.500. The van der Waals surface area contributed by atoms with Crippen LogP contribution in [0.5, 0.6) is 0 Å². The Morgan fingerprint density at radius 3 is 2.71 bits per heavy atom. The second-order valence-electron chi connectivity index (χ2n) is 3.79. The average molecular weight is 304 g/mol. The fourth-order valence-corrected chi connectivity index (χ4v) is 1.63. The predicted octanol–water partition coefficient (Wildman–Crippen LogP) is 0.168. The van der Waals surface area contributed by atoms with Gasteiger partial charge in [0.1, 0.15) is 0 Å². The highest BCUT2D eigenvalue weighted by molar-refractivity contribution is 9.10. The monoisotopic (exact) mass is 303 g/mol. The van der Waals surface area contributed by atoms with E-state index in [2.05, 4.69) is 20.9 Å². The highest BCUT2D eigenvalue weighted by Crippen LogP contribution is 1.98. The van der Waals surface area contributed by atoms with Gasteiger partial charge in [0.05, 0.1) is 4.47 Å². The van der Waals surface area contributed by atoms with Gasteiger partial charge in [-0.05, 0) is 22.4 Å². The molecule has 1 rings (SSSR count). The van der Waals surface area contributed by atoms with Crippen molar-refractivity contribution in [3.05, 3.63) is 31.5 Å². The third-order valence-corrected chi connectivity index (χ3v) is 2.86. The molecule has 0 saturated heterocycles. The van der Waals surface area contributed by atoms with Gasteiger partial charge in [-0.3, -0.25) is 14.2 Å². The number of hydrogen-bond acceptors (Lipinski definition) is 3. The summed E-state index contributed by atoms with van der Waals surface area (Å²) < 4.78 is 1.38. The summed E-state index contributed by atoms with van der Waals surface area (Å²) in [7, 11) is 3.33. The zero-order chi connectivity index (χ0) is 13.0. The second kappa shape index (κ2) is 5.81. The van der Waals surface area contributed by atoms with Gasteiger partial charge in [0, 0.05) is 33.3 Å². The number of aromatic amines is 1. The number of H-pyrrole nitrogens is 1. The lowest BCUT2D eigenvalue weighted by atomic mass is 10.3. The van der Waals surface area contributed by atoms with Gasteiger partial charge in [-0.25, -0.2) is 4.79 Å². The van der Waals surface area contributed by atoms with Crippen LogP contribution in [0.3, 0.4) is 0 Å². The molecule has 7 heteroatoms. The Morgan fingerprint density at radius 2 is 2.12 bits per heavy atom. The van der Waals surface area contributed by atoms with Crippen LogP contribution >= 0.6 is 15.9 Å². The number of aromatic nitrogens is 2. The second-order valence-corrected chi connectivity index (χ2v) is 4.64. The average Bonchev–Trinajstić information content (AvgIpc) is 2.28. The van der Waals surface area contributed by atoms with Gasteiger partial charge in [-0.15, -0.1) is 0 Å². The summed E-state index contributed by atoms with van der Waals surface area (Å²) in [6.45, 7) is 0.229. The van der Waals surface area contributed by atoms with Crippen molar-refractivity contribution in [1.82, 2.24) is 14.5 Å². The van der Waals surface area contributed by atoms with Gasteiger partial charge in [0.2, 0.25) is 5.91 Å². The number of amides is 1. The minimum atomic E-state index is -0.462. The lowest BCUT2D eigenvalue weighted by molar-refractivity contribution is -0.128. The van der Waals surface area contributed by atoms with E-state index in [4.69, 9.17) is 0 Å². The molecule has 0 aliphatic rings. The first-order chi connectivity index (χ1) is 7.93.